The Balaban J connectivity index is 1.56. The molecule has 3 heterocycles. The number of pyridine rings is 1. The molecule has 0 bridgehead atoms. The summed E-state index contributed by atoms with van der Waals surface area (Å²) in [6.07, 6.45) is 14.7. The smallest absolute Gasteiger partial charge is 0.267 e. The Morgan fingerprint density at radius 3 is 2.52 bits per heavy atom. The van der Waals surface area contributed by atoms with E-state index in [9.17, 15) is 9.59 Å². The fraction of sp³-hybridized carbons (Fsp3) is 0.520. The number of thioether (sulfide) groups is 1. The van der Waals surface area contributed by atoms with Gasteiger partial charge in [-0.2, -0.15) is 0 Å². The summed E-state index contributed by atoms with van der Waals surface area (Å²) in [4.78, 5) is 34.1. The fourth-order valence-electron chi connectivity index (χ4n) is 5.26. The summed E-state index contributed by atoms with van der Waals surface area (Å²) in [6, 6.07) is 4.28. The molecule has 1 N–H and O–H groups in total. The lowest BCUT2D eigenvalue weighted by Crippen LogP contribution is -2.39. The number of aryl methyl sites for hydroxylation is 1. The molecule has 0 unspecified atom stereocenters. The van der Waals surface area contributed by atoms with Gasteiger partial charge in [0.2, 0.25) is 0 Å². The van der Waals surface area contributed by atoms with Gasteiger partial charge < -0.3 is 5.32 Å². The maximum Gasteiger partial charge on any atom is 0.267 e. The number of aromatic nitrogens is 2. The summed E-state index contributed by atoms with van der Waals surface area (Å²) in [5, 5.41) is 3.55. The van der Waals surface area contributed by atoms with Crippen LogP contribution in [0.15, 0.2) is 28.0 Å². The maximum atomic E-state index is 13.6. The second-order valence-electron chi connectivity index (χ2n) is 9.39. The molecule has 5 rings (SSSR count). The molecular weight excluding hydrogens is 452 g/mol. The van der Waals surface area contributed by atoms with Crippen LogP contribution in [0.25, 0.3) is 11.7 Å². The minimum Gasteiger partial charge on any atom is -0.367 e. The van der Waals surface area contributed by atoms with Crippen molar-refractivity contribution in [2.45, 2.75) is 83.2 Å². The summed E-state index contributed by atoms with van der Waals surface area (Å²) < 4.78 is 2.18. The van der Waals surface area contributed by atoms with Crippen molar-refractivity contribution in [3.63, 3.8) is 0 Å². The minimum atomic E-state index is -0.162. The van der Waals surface area contributed by atoms with E-state index in [1.54, 1.807) is 21.6 Å². The maximum absolute atomic E-state index is 13.6. The SMILES string of the molecule is Cc1cccn2c(=O)c(C=C3SC(=S)N(C4CCCCC4)C3=O)c(NC3CCCCC3)nc12. The van der Waals surface area contributed by atoms with Gasteiger partial charge in [-0.1, -0.05) is 68.6 Å². The van der Waals surface area contributed by atoms with E-state index in [1.807, 2.05) is 19.1 Å². The Hall–Kier alpha value is -2.19. The van der Waals surface area contributed by atoms with Crippen molar-refractivity contribution in [3.8, 4) is 0 Å². The zero-order valence-corrected chi connectivity index (χ0v) is 20.6. The number of nitrogens with one attached hydrogen (secondary N) is 1. The fourth-order valence-corrected chi connectivity index (χ4v) is 6.64. The topological polar surface area (TPSA) is 66.7 Å². The average molecular weight is 483 g/mol. The Morgan fingerprint density at radius 1 is 1.09 bits per heavy atom. The van der Waals surface area contributed by atoms with E-state index < -0.39 is 0 Å². The van der Waals surface area contributed by atoms with E-state index in [1.165, 1.54) is 37.4 Å². The van der Waals surface area contributed by atoms with Crippen molar-refractivity contribution in [1.82, 2.24) is 14.3 Å². The van der Waals surface area contributed by atoms with Crippen molar-refractivity contribution in [3.05, 3.63) is 44.7 Å². The highest BCUT2D eigenvalue weighted by atomic mass is 32.2. The van der Waals surface area contributed by atoms with Crippen LogP contribution >= 0.6 is 24.0 Å². The largest absolute Gasteiger partial charge is 0.367 e. The molecule has 2 saturated carbocycles. The van der Waals surface area contributed by atoms with Crippen LogP contribution in [0.3, 0.4) is 0 Å². The third-order valence-corrected chi connectivity index (χ3v) is 8.40. The summed E-state index contributed by atoms with van der Waals surface area (Å²) in [6.45, 7) is 1.96. The third-order valence-electron chi connectivity index (χ3n) is 7.07. The molecule has 2 aromatic heterocycles. The number of nitrogens with zero attached hydrogens (tertiary/aromatic N) is 3. The summed E-state index contributed by atoms with van der Waals surface area (Å²) >= 11 is 6.90. The van der Waals surface area contributed by atoms with Gasteiger partial charge in [0, 0.05) is 18.3 Å². The van der Waals surface area contributed by atoms with E-state index in [0.717, 1.165) is 44.1 Å². The number of fused-ring (bicyclic) bond motifs is 1. The van der Waals surface area contributed by atoms with Crippen molar-refractivity contribution in [2.24, 2.45) is 0 Å². The lowest BCUT2D eigenvalue weighted by atomic mass is 9.94. The van der Waals surface area contributed by atoms with Gasteiger partial charge in [0.05, 0.1) is 10.5 Å². The van der Waals surface area contributed by atoms with Gasteiger partial charge in [-0.3, -0.25) is 18.9 Å². The normalized spacial score (nSPS) is 22.0. The van der Waals surface area contributed by atoms with Crippen LogP contribution in [0.4, 0.5) is 5.82 Å². The monoisotopic (exact) mass is 482 g/mol. The molecule has 1 saturated heterocycles. The molecule has 0 aromatic carbocycles. The quantitative estimate of drug-likeness (QED) is 0.472. The van der Waals surface area contributed by atoms with Crippen LogP contribution in [-0.4, -0.2) is 36.6 Å². The second kappa shape index (κ2) is 9.58. The molecule has 6 nitrogen and oxygen atoms in total. The van der Waals surface area contributed by atoms with Crippen LogP contribution in [0.5, 0.6) is 0 Å². The lowest BCUT2D eigenvalue weighted by Gasteiger charge is -2.29. The number of rotatable bonds is 4. The first-order valence-corrected chi connectivity index (χ1v) is 13.3. The second-order valence-corrected chi connectivity index (χ2v) is 11.1. The minimum absolute atomic E-state index is 0.0748. The number of carbonyl (C=O) groups is 1. The number of thiocarbonyl (C=S) groups is 1. The lowest BCUT2D eigenvalue weighted by molar-refractivity contribution is -0.124. The van der Waals surface area contributed by atoms with E-state index in [4.69, 9.17) is 17.2 Å². The van der Waals surface area contributed by atoms with Gasteiger partial charge >= 0.3 is 0 Å². The van der Waals surface area contributed by atoms with Crippen molar-refractivity contribution in [2.75, 3.05) is 5.32 Å². The standard InChI is InChI=1S/C25H30N4O2S2/c1-16-9-8-14-28-22(16)27-21(26-17-10-4-2-5-11-17)19(23(28)30)15-20-24(31)29(25(32)33-20)18-12-6-3-7-13-18/h8-9,14-15,17-18,26H,2-7,10-13H2,1H3. The van der Waals surface area contributed by atoms with Gasteiger partial charge in [0.15, 0.2) is 0 Å². The van der Waals surface area contributed by atoms with Crippen LogP contribution in [0, 0.1) is 6.92 Å². The summed E-state index contributed by atoms with van der Waals surface area (Å²) in [5.41, 5.74) is 1.86. The molecule has 2 aromatic rings. The highest BCUT2D eigenvalue weighted by Gasteiger charge is 2.38. The molecule has 1 amide bonds. The Labute approximate surface area is 203 Å². The van der Waals surface area contributed by atoms with Crippen LogP contribution in [0.2, 0.25) is 0 Å². The number of amides is 1. The first kappa shape index (κ1) is 22.6. The van der Waals surface area contributed by atoms with Crippen LogP contribution in [0.1, 0.15) is 75.3 Å². The number of hydrogen-bond acceptors (Lipinski definition) is 6. The molecular formula is C25H30N4O2S2. The molecule has 33 heavy (non-hydrogen) atoms. The van der Waals surface area contributed by atoms with Gasteiger partial charge in [-0.05, 0) is 50.3 Å². The zero-order chi connectivity index (χ0) is 22.9. The van der Waals surface area contributed by atoms with Crippen molar-refractivity contribution in [1.29, 1.82) is 0 Å². The highest BCUT2D eigenvalue weighted by molar-refractivity contribution is 8.26. The first-order valence-electron chi connectivity index (χ1n) is 12.1. The van der Waals surface area contributed by atoms with E-state index in [0.29, 0.717) is 32.3 Å². The number of anilines is 1. The molecule has 8 heteroatoms. The Morgan fingerprint density at radius 2 is 1.79 bits per heavy atom. The first-order chi connectivity index (χ1) is 16.0. The highest BCUT2D eigenvalue weighted by Crippen LogP contribution is 2.37. The molecule has 0 atom stereocenters. The zero-order valence-electron chi connectivity index (χ0n) is 19.0. The van der Waals surface area contributed by atoms with Crippen molar-refractivity contribution >= 4 is 51.7 Å². The Kier molecular flexibility index (Phi) is 6.56. The molecule has 174 valence electrons. The van der Waals surface area contributed by atoms with E-state index in [2.05, 4.69) is 5.32 Å². The molecule has 1 aliphatic heterocycles. The van der Waals surface area contributed by atoms with E-state index in [-0.39, 0.29) is 17.5 Å². The molecule has 2 aliphatic carbocycles. The van der Waals surface area contributed by atoms with Crippen LogP contribution in [-0.2, 0) is 4.79 Å². The van der Waals surface area contributed by atoms with Gasteiger partial charge in [-0.25, -0.2) is 4.98 Å². The summed E-state index contributed by atoms with van der Waals surface area (Å²) in [5.74, 6) is 0.499. The summed E-state index contributed by atoms with van der Waals surface area (Å²) in [7, 11) is 0. The van der Waals surface area contributed by atoms with Gasteiger partial charge in [-0.15, -0.1) is 0 Å². The molecule has 3 fully saturated rings. The number of hydrogen-bond donors (Lipinski definition) is 1. The van der Waals surface area contributed by atoms with Crippen LogP contribution < -0.4 is 10.9 Å². The molecule has 0 radical (unpaired) electrons. The molecule has 3 aliphatic rings. The Bertz CT molecular complexity index is 1180. The number of carbonyl (C=O) groups excluding carboxylic acids is 1. The predicted molar refractivity (Wildman–Crippen MR) is 139 cm³/mol. The third kappa shape index (κ3) is 4.47. The van der Waals surface area contributed by atoms with E-state index >= 15 is 0 Å². The van der Waals surface area contributed by atoms with Crippen molar-refractivity contribution < 1.29 is 4.79 Å². The predicted octanol–water partition coefficient (Wildman–Crippen LogP) is 5.28. The molecule has 0 spiro atoms. The van der Waals surface area contributed by atoms with Gasteiger partial charge in [0.1, 0.15) is 15.8 Å². The van der Waals surface area contributed by atoms with Gasteiger partial charge in [0.25, 0.3) is 11.5 Å². The average Bonchev–Trinajstić information content (AvgIpc) is 3.11.